The molecular weight excluding hydrogens is 340 g/mol. The van der Waals surface area contributed by atoms with E-state index in [-0.39, 0.29) is 0 Å². The van der Waals surface area contributed by atoms with Crippen LogP contribution >= 0.6 is 12.2 Å². The number of methoxy groups -OCH3 is 1. The van der Waals surface area contributed by atoms with Crippen molar-refractivity contribution in [2.75, 3.05) is 13.7 Å². The van der Waals surface area contributed by atoms with Crippen molar-refractivity contribution in [3.8, 4) is 22.6 Å². The Morgan fingerprint density at radius 2 is 1.81 bits per heavy atom. The molecule has 0 saturated carbocycles. The van der Waals surface area contributed by atoms with Gasteiger partial charge in [0.25, 0.3) is 0 Å². The van der Waals surface area contributed by atoms with E-state index in [0.29, 0.717) is 0 Å². The molecule has 4 heteroatoms. The van der Waals surface area contributed by atoms with Crippen molar-refractivity contribution in [1.82, 2.24) is 9.55 Å². The Morgan fingerprint density at radius 3 is 2.62 bits per heavy atom. The second-order valence-corrected chi connectivity index (χ2v) is 6.98. The molecule has 2 aromatic carbocycles. The van der Waals surface area contributed by atoms with Gasteiger partial charge in [-0.1, -0.05) is 66.8 Å². The van der Waals surface area contributed by atoms with Crippen LogP contribution in [0.5, 0.6) is 0 Å². The van der Waals surface area contributed by atoms with Gasteiger partial charge in [-0.3, -0.25) is 0 Å². The predicted molar refractivity (Wildman–Crippen MR) is 108 cm³/mol. The topological polar surface area (TPSA) is 27.1 Å². The molecule has 0 bridgehead atoms. The van der Waals surface area contributed by atoms with Crippen LogP contribution < -0.4 is 0 Å². The zero-order valence-corrected chi connectivity index (χ0v) is 15.8. The van der Waals surface area contributed by atoms with Crippen LogP contribution in [0.3, 0.4) is 0 Å². The van der Waals surface area contributed by atoms with Crippen molar-refractivity contribution in [2.24, 2.45) is 0 Å². The van der Waals surface area contributed by atoms with Crippen molar-refractivity contribution in [3.05, 3.63) is 70.4 Å². The molecule has 3 aromatic rings. The maximum Gasteiger partial charge on any atom is 0.142 e. The normalized spacial score (nSPS) is 12.5. The minimum Gasteiger partial charge on any atom is -0.385 e. The highest BCUT2D eigenvalue weighted by atomic mass is 32.1. The highest BCUT2D eigenvalue weighted by Crippen LogP contribution is 2.36. The van der Waals surface area contributed by atoms with Gasteiger partial charge >= 0.3 is 0 Å². The van der Waals surface area contributed by atoms with E-state index in [0.717, 1.165) is 48.4 Å². The van der Waals surface area contributed by atoms with E-state index < -0.39 is 0 Å². The zero-order chi connectivity index (χ0) is 17.9. The molecular formula is C22H22N2OS. The average Bonchev–Trinajstić information content (AvgIpc) is 2.70. The standard InChI is InChI=1S/C22H22N2OS/c1-25-15-7-14-24-20-18-11-6-5-8-16(18)12-13-19(20)22(26)23-21(24)17-9-3-2-4-10-17/h2-6,8-11H,7,12-15H2,1H3. The van der Waals surface area contributed by atoms with Crippen LogP contribution in [0, 0.1) is 4.64 Å². The van der Waals surface area contributed by atoms with Crippen molar-refractivity contribution in [2.45, 2.75) is 25.8 Å². The first kappa shape index (κ1) is 17.1. The number of rotatable bonds is 5. The van der Waals surface area contributed by atoms with Crippen LogP contribution in [0.25, 0.3) is 22.6 Å². The highest BCUT2D eigenvalue weighted by molar-refractivity contribution is 7.71. The first-order valence-corrected chi connectivity index (χ1v) is 9.47. The van der Waals surface area contributed by atoms with Gasteiger partial charge < -0.3 is 9.30 Å². The maximum atomic E-state index is 5.70. The molecule has 0 saturated heterocycles. The number of ether oxygens (including phenoxy) is 1. The molecule has 132 valence electrons. The summed E-state index contributed by atoms with van der Waals surface area (Å²) in [5, 5.41) is 0. The second kappa shape index (κ2) is 7.52. The number of benzene rings is 2. The molecule has 0 aliphatic heterocycles. The van der Waals surface area contributed by atoms with Crippen molar-refractivity contribution in [3.63, 3.8) is 0 Å². The number of nitrogens with zero attached hydrogens (tertiary/aromatic N) is 2. The van der Waals surface area contributed by atoms with Crippen LogP contribution in [0.2, 0.25) is 0 Å². The summed E-state index contributed by atoms with van der Waals surface area (Å²) in [6.45, 7) is 1.59. The third-order valence-corrected chi connectivity index (χ3v) is 5.29. The van der Waals surface area contributed by atoms with Gasteiger partial charge in [-0.15, -0.1) is 0 Å². The second-order valence-electron chi connectivity index (χ2n) is 6.59. The number of fused-ring (bicyclic) bond motifs is 3. The van der Waals surface area contributed by atoms with Gasteiger partial charge in [0.05, 0.1) is 5.69 Å². The van der Waals surface area contributed by atoms with E-state index in [1.807, 2.05) is 18.2 Å². The van der Waals surface area contributed by atoms with Gasteiger partial charge in [-0.05, 0) is 24.8 Å². The Balaban J connectivity index is 1.97. The monoisotopic (exact) mass is 362 g/mol. The molecule has 1 aliphatic carbocycles. The van der Waals surface area contributed by atoms with Gasteiger partial charge in [-0.25, -0.2) is 4.98 Å². The molecule has 1 aromatic heterocycles. The number of aryl methyl sites for hydroxylation is 1. The molecule has 26 heavy (non-hydrogen) atoms. The summed E-state index contributed by atoms with van der Waals surface area (Å²) in [6, 6.07) is 19.0. The maximum absolute atomic E-state index is 5.70. The summed E-state index contributed by atoms with van der Waals surface area (Å²) >= 11 is 5.70. The summed E-state index contributed by atoms with van der Waals surface area (Å²) in [6.07, 6.45) is 2.92. The van der Waals surface area contributed by atoms with Crippen molar-refractivity contribution in [1.29, 1.82) is 0 Å². The minimum atomic E-state index is 0.729. The number of hydrogen-bond acceptors (Lipinski definition) is 3. The average molecular weight is 362 g/mol. The summed E-state index contributed by atoms with van der Waals surface area (Å²) < 4.78 is 8.37. The molecule has 4 rings (SSSR count). The van der Waals surface area contributed by atoms with Gasteiger partial charge in [0.1, 0.15) is 10.5 Å². The van der Waals surface area contributed by atoms with Crippen LogP contribution in [-0.4, -0.2) is 23.3 Å². The smallest absolute Gasteiger partial charge is 0.142 e. The molecule has 1 aliphatic rings. The van der Waals surface area contributed by atoms with Crippen molar-refractivity contribution < 1.29 is 4.74 Å². The van der Waals surface area contributed by atoms with E-state index in [9.17, 15) is 0 Å². The van der Waals surface area contributed by atoms with E-state index in [1.54, 1.807) is 7.11 Å². The number of aromatic nitrogens is 2. The molecule has 0 radical (unpaired) electrons. The number of hydrogen-bond donors (Lipinski definition) is 0. The fourth-order valence-electron chi connectivity index (χ4n) is 3.75. The summed E-state index contributed by atoms with van der Waals surface area (Å²) in [5.74, 6) is 0.946. The lowest BCUT2D eigenvalue weighted by atomic mass is 9.89. The van der Waals surface area contributed by atoms with Crippen molar-refractivity contribution >= 4 is 12.2 Å². The Labute approximate surface area is 159 Å². The van der Waals surface area contributed by atoms with Gasteiger partial charge in [0.2, 0.25) is 0 Å². The quantitative estimate of drug-likeness (QED) is 0.468. The molecule has 0 atom stereocenters. The largest absolute Gasteiger partial charge is 0.385 e. The molecule has 0 unspecified atom stereocenters. The van der Waals surface area contributed by atoms with Gasteiger partial charge in [0.15, 0.2) is 0 Å². The van der Waals surface area contributed by atoms with Gasteiger partial charge in [-0.2, -0.15) is 0 Å². The lowest BCUT2D eigenvalue weighted by Crippen LogP contribution is -2.17. The first-order chi connectivity index (χ1) is 12.8. The summed E-state index contributed by atoms with van der Waals surface area (Å²) in [5.41, 5.74) is 6.22. The van der Waals surface area contributed by atoms with E-state index in [1.165, 1.54) is 22.4 Å². The summed E-state index contributed by atoms with van der Waals surface area (Å²) in [7, 11) is 1.75. The lowest BCUT2D eigenvalue weighted by Gasteiger charge is -2.26. The molecule has 3 nitrogen and oxygen atoms in total. The van der Waals surface area contributed by atoms with E-state index in [2.05, 4.69) is 41.0 Å². The third kappa shape index (κ3) is 3.11. The molecule has 0 spiro atoms. The predicted octanol–water partition coefficient (Wildman–Crippen LogP) is 5.08. The molecule has 1 heterocycles. The minimum absolute atomic E-state index is 0.729. The zero-order valence-electron chi connectivity index (χ0n) is 14.9. The van der Waals surface area contributed by atoms with E-state index >= 15 is 0 Å². The fraction of sp³-hybridized carbons (Fsp3) is 0.273. The first-order valence-electron chi connectivity index (χ1n) is 9.06. The summed E-state index contributed by atoms with van der Waals surface area (Å²) in [4.78, 5) is 4.85. The van der Waals surface area contributed by atoms with E-state index in [4.69, 9.17) is 21.9 Å². The van der Waals surface area contributed by atoms with Crippen LogP contribution in [0.15, 0.2) is 54.6 Å². The Morgan fingerprint density at radius 1 is 1.04 bits per heavy atom. The fourth-order valence-corrected chi connectivity index (χ4v) is 4.03. The Hall–Kier alpha value is -2.30. The molecule has 0 N–H and O–H groups in total. The lowest BCUT2D eigenvalue weighted by molar-refractivity contribution is 0.190. The SMILES string of the molecule is COCCCn1c(-c2ccccc2)nc(=S)c2c1-c1ccccc1CC2. The highest BCUT2D eigenvalue weighted by Gasteiger charge is 2.23. The molecule has 0 fully saturated rings. The Bertz CT molecular complexity index is 979. The van der Waals surface area contributed by atoms with Gasteiger partial charge in [0, 0.05) is 37.0 Å². The van der Waals surface area contributed by atoms with Crippen LogP contribution in [-0.2, 0) is 24.1 Å². The van der Waals surface area contributed by atoms with Crippen LogP contribution in [0.1, 0.15) is 17.5 Å². The third-order valence-electron chi connectivity index (χ3n) is 4.96. The molecule has 0 amide bonds. The Kier molecular flexibility index (Phi) is 4.96. The van der Waals surface area contributed by atoms with Crippen LogP contribution in [0.4, 0.5) is 0 Å².